The largest absolute Gasteiger partial charge is 0.378 e. The van der Waals surface area contributed by atoms with E-state index in [0.717, 1.165) is 40.9 Å². The van der Waals surface area contributed by atoms with Gasteiger partial charge in [0, 0.05) is 49.5 Å². The Bertz CT molecular complexity index is 1190. The van der Waals surface area contributed by atoms with Gasteiger partial charge >= 0.3 is 0 Å². The quantitative estimate of drug-likeness (QED) is 0.510. The second-order valence-corrected chi connectivity index (χ2v) is 7.12. The van der Waals surface area contributed by atoms with Gasteiger partial charge in [-0.25, -0.2) is 15.0 Å². The number of morpholine rings is 1. The van der Waals surface area contributed by atoms with Crippen molar-refractivity contribution in [3.05, 3.63) is 55.0 Å². The molecule has 9 nitrogen and oxygen atoms in total. The molecule has 0 saturated carbocycles. The molecule has 0 atom stereocenters. The van der Waals surface area contributed by atoms with Gasteiger partial charge in [0.25, 0.3) is 0 Å². The van der Waals surface area contributed by atoms with Crippen LogP contribution in [0.1, 0.15) is 0 Å². The Hall–Kier alpha value is -3.85. The highest BCUT2D eigenvalue weighted by Gasteiger charge is 2.17. The third kappa shape index (κ3) is 4.22. The fraction of sp³-hybridized carbons (Fsp3) is 0.227. The van der Waals surface area contributed by atoms with E-state index in [0.29, 0.717) is 30.9 Å². The summed E-state index contributed by atoms with van der Waals surface area (Å²) in [5.74, 6) is 1.89. The van der Waals surface area contributed by atoms with E-state index in [1.165, 1.54) is 0 Å². The maximum Gasteiger partial charge on any atom is 0.228 e. The summed E-state index contributed by atoms with van der Waals surface area (Å²) in [6, 6.07) is 12.0. The zero-order valence-corrected chi connectivity index (χ0v) is 17.1. The standard InChI is InChI=1S/C22H22N8O/c1-23-21-25-12-16(13-26-21)19-11-20(29-22(28-19)30-6-8-31-9-7-30)27-17-10-15-4-2-3-5-18(15)24-14-17/h2-5,10-14H,6-9H2,1H3,(H,23,25,26)(H,27,28,29). The first-order chi connectivity index (χ1) is 15.3. The molecular weight excluding hydrogens is 392 g/mol. The van der Waals surface area contributed by atoms with E-state index < -0.39 is 0 Å². The van der Waals surface area contributed by atoms with Crippen molar-refractivity contribution in [3.8, 4) is 11.3 Å². The Morgan fingerprint density at radius 2 is 1.74 bits per heavy atom. The maximum atomic E-state index is 5.48. The minimum absolute atomic E-state index is 0.562. The van der Waals surface area contributed by atoms with Crippen LogP contribution >= 0.6 is 0 Å². The minimum atomic E-state index is 0.562. The molecule has 156 valence electrons. The van der Waals surface area contributed by atoms with Crippen LogP contribution in [0.4, 0.5) is 23.4 Å². The van der Waals surface area contributed by atoms with Crippen LogP contribution in [0.25, 0.3) is 22.2 Å². The fourth-order valence-electron chi connectivity index (χ4n) is 3.43. The molecule has 1 aromatic carbocycles. The first kappa shape index (κ1) is 19.1. The van der Waals surface area contributed by atoms with Gasteiger partial charge in [-0.15, -0.1) is 0 Å². The van der Waals surface area contributed by atoms with Crippen LogP contribution in [-0.4, -0.2) is 58.3 Å². The molecule has 0 aliphatic carbocycles. The molecule has 0 radical (unpaired) electrons. The predicted molar refractivity (Wildman–Crippen MR) is 121 cm³/mol. The highest BCUT2D eigenvalue weighted by Crippen LogP contribution is 2.26. The summed E-state index contributed by atoms with van der Waals surface area (Å²) in [7, 11) is 1.79. The number of rotatable bonds is 5. The molecule has 0 unspecified atom stereocenters. The van der Waals surface area contributed by atoms with Crippen LogP contribution in [0.5, 0.6) is 0 Å². The van der Waals surface area contributed by atoms with Crippen molar-refractivity contribution in [2.24, 2.45) is 0 Å². The summed E-state index contributed by atoms with van der Waals surface area (Å²) in [4.78, 5) is 24.8. The van der Waals surface area contributed by atoms with Gasteiger partial charge in [0.15, 0.2) is 0 Å². The third-order valence-corrected chi connectivity index (χ3v) is 5.04. The molecule has 0 spiro atoms. The highest BCUT2D eigenvalue weighted by molar-refractivity contribution is 5.82. The van der Waals surface area contributed by atoms with Gasteiger partial charge in [-0.2, -0.15) is 4.98 Å². The summed E-state index contributed by atoms with van der Waals surface area (Å²) in [5, 5.41) is 7.38. The normalized spacial score (nSPS) is 13.9. The van der Waals surface area contributed by atoms with Gasteiger partial charge in [0.05, 0.1) is 36.3 Å². The first-order valence-electron chi connectivity index (χ1n) is 10.1. The number of hydrogen-bond acceptors (Lipinski definition) is 9. The van der Waals surface area contributed by atoms with E-state index in [-0.39, 0.29) is 0 Å². The summed E-state index contributed by atoms with van der Waals surface area (Å²) >= 11 is 0. The van der Waals surface area contributed by atoms with E-state index in [2.05, 4.69) is 36.6 Å². The van der Waals surface area contributed by atoms with Crippen molar-refractivity contribution in [2.75, 3.05) is 48.9 Å². The maximum absolute atomic E-state index is 5.48. The lowest BCUT2D eigenvalue weighted by Gasteiger charge is -2.27. The fourth-order valence-corrected chi connectivity index (χ4v) is 3.43. The Kier molecular flexibility index (Phi) is 5.24. The highest BCUT2D eigenvalue weighted by atomic mass is 16.5. The number of fused-ring (bicyclic) bond motifs is 1. The number of nitrogens with zero attached hydrogens (tertiary/aromatic N) is 6. The zero-order valence-electron chi connectivity index (χ0n) is 17.1. The SMILES string of the molecule is CNc1ncc(-c2cc(Nc3cnc4ccccc4c3)nc(N3CCOCC3)n2)cn1. The topological polar surface area (TPSA) is 101 Å². The van der Waals surface area contributed by atoms with Crippen LogP contribution < -0.4 is 15.5 Å². The lowest BCUT2D eigenvalue weighted by Crippen LogP contribution is -2.37. The number of anilines is 4. The summed E-state index contributed by atoms with van der Waals surface area (Å²) in [6.07, 6.45) is 5.32. The van der Waals surface area contributed by atoms with Crippen molar-refractivity contribution < 1.29 is 4.74 Å². The lowest BCUT2D eigenvalue weighted by atomic mass is 10.2. The third-order valence-electron chi connectivity index (χ3n) is 5.04. The van der Waals surface area contributed by atoms with Crippen molar-refractivity contribution in [2.45, 2.75) is 0 Å². The van der Waals surface area contributed by atoms with Crippen LogP contribution in [0.2, 0.25) is 0 Å². The van der Waals surface area contributed by atoms with Gasteiger partial charge in [-0.05, 0) is 12.1 Å². The predicted octanol–water partition coefficient (Wildman–Crippen LogP) is 3.10. The summed E-state index contributed by atoms with van der Waals surface area (Å²) in [6.45, 7) is 2.81. The Labute approximate surface area is 179 Å². The zero-order chi connectivity index (χ0) is 21.0. The van der Waals surface area contributed by atoms with E-state index in [1.807, 2.05) is 36.5 Å². The van der Waals surface area contributed by atoms with Crippen molar-refractivity contribution >= 4 is 34.3 Å². The Morgan fingerprint density at radius 1 is 0.935 bits per heavy atom. The summed E-state index contributed by atoms with van der Waals surface area (Å²) in [5.41, 5.74) is 3.37. The molecule has 0 bridgehead atoms. The number of para-hydroxylation sites is 1. The molecule has 1 aliphatic heterocycles. The van der Waals surface area contributed by atoms with E-state index >= 15 is 0 Å². The molecular formula is C22H22N8O. The Morgan fingerprint density at radius 3 is 2.55 bits per heavy atom. The molecule has 31 heavy (non-hydrogen) atoms. The van der Waals surface area contributed by atoms with Crippen LogP contribution in [0.15, 0.2) is 55.0 Å². The molecule has 3 aromatic heterocycles. The van der Waals surface area contributed by atoms with Crippen LogP contribution in [0, 0.1) is 0 Å². The Balaban J connectivity index is 1.52. The molecule has 1 fully saturated rings. The molecule has 4 aromatic rings. The van der Waals surface area contributed by atoms with Gasteiger partial charge in [0.2, 0.25) is 11.9 Å². The minimum Gasteiger partial charge on any atom is -0.378 e. The molecule has 9 heteroatoms. The van der Waals surface area contributed by atoms with Crippen LogP contribution in [-0.2, 0) is 4.74 Å². The average molecular weight is 414 g/mol. The average Bonchev–Trinajstić information content (AvgIpc) is 2.84. The van der Waals surface area contributed by atoms with E-state index in [9.17, 15) is 0 Å². The second kappa shape index (κ2) is 8.49. The van der Waals surface area contributed by atoms with Gasteiger partial charge < -0.3 is 20.3 Å². The first-order valence-corrected chi connectivity index (χ1v) is 10.1. The molecule has 2 N–H and O–H groups in total. The molecule has 0 amide bonds. The van der Waals surface area contributed by atoms with E-state index in [1.54, 1.807) is 19.4 Å². The second-order valence-electron chi connectivity index (χ2n) is 7.12. The monoisotopic (exact) mass is 414 g/mol. The number of nitrogens with one attached hydrogen (secondary N) is 2. The molecule has 1 aliphatic rings. The molecule has 4 heterocycles. The van der Waals surface area contributed by atoms with Crippen molar-refractivity contribution in [3.63, 3.8) is 0 Å². The van der Waals surface area contributed by atoms with E-state index in [4.69, 9.17) is 14.7 Å². The smallest absolute Gasteiger partial charge is 0.228 e. The number of pyridine rings is 1. The van der Waals surface area contributed by atoms with Gasteiger partial charge in [0.1, 0.15) is 5.82 Å². The van der Waals surface area contributed by atoms with Gasteiger partial charge in [-0.3, -0.25) is 4.98 Å². The molecule has 1 saturated heterocycles. The van der Waals surface area contributed by atoms with Crippen molar-refractivity contribution in [1.82, 2.24) is 24.9 Å². The van der Waals surface area contributed by atoms with Crippen LogP contribution in [0.3, 0.4) is 0 Å². The van der Waals surface area contributed by atoms with Crippen molar-refractivity contribution in [1.29, 1.82) is 0 Å². The number of hydrogen-bond donors (Lipinski definition) is 2. The molecule has 5 rings (SSSR count). The van der Waals surface area contributed by atoms with Gasteiger partial charge in [-0.1, -0.05) is 18.2 Å². The summed E-state index contributed by atoms with van der Waals surface area (Å²) < 4.78 is 5.48. The number of aromatic nitrogens is 5. The lowest BCUT2D eigenvalue weighted by molar-refractivity contribution is 0.122. The number of ether oxygens (including phenoxy) is 1. The number of benzene rings is 1.